The van der Waals surface area contributed by atoms with Crippen LogP contribution in [-0.2, 0) is 14.3 Å². The molecular weight excluding hydrogens is 400 g/mol. The molecule has 0 atom stereocenters. The Balaban J connectivity index is 2.20. The number of hydrogen-bond donors (Lipinski definition) is 1. The maximum atomic E-state index is 12.5. The predicted molar refractivity (Wildman–Crippen MR) is 114 cm³/mol. The summed E-state index contributed by atoms with van der Waals surface area (Å²) in [5.74, 6) is -1.00. The number of benzene rings is 2. The first-order valence-electron chi connectivity index (χ1n) is 9.53. The molecule has 160 valence electrons. The zero-order chi connectivity index (χ0) is 22.8. The van der Waals surface area contributed by atoms with Crippen molar-refractivity contribution in [2.45, 2.75) is 20.8 Å². The molecule has 8 heteroatoms. The van der Waals surface area contributed by atoms with Crippen molar-refractivity contribution in [1.82, 2.24) is 0 Å². The number of carbonyl (C=O) groups is 3. The lowest BCUT2D eigenvalue weighted by molar-refractivity contribution is -0.132. The number of nitriles is 1. The molecule has 0 fully saturated rings. The van der Waals surface area contributed by atoms with Crippen molar-refractivity contribution in [3.05, 3.63) is 59.2 Å². The lowest BCUT2D eigenvalue weighted by atomic mass is 10.1. The molecule has 0 aliphatic carbocycles. The van der Waals surface area contributed by atoms with Crippen LogP contribution in [0.25, 0.3) is 6.08 Å². The van der Waals surface area contributed by atoms with Crippen molar-refractivity contribution in [1.29, 1.82) is 5.26 Å². The van der Waals surface area contributed by atoms with Gasteiger partial charge in [-0.1, -0.05) is 6.07 Å². The molecule has 2 rings (SSSR count). The Hall–Kier alpha value is -4.12. The molecule has 1 N–H and O–H groups in total. The zero-order valence-electron chi connectivity index (χ0n) is 17.4. The van der Waals surface area contributed by atoms with Crippen molar-refractivity contribution in [3.8, 4) is 17.6 Å². The Morgan fingerprint density at radius 1 is 1.03 bits per heavy atom. The number of hydrogen-bond acceptors (Lipinski definition) is 7. The first kappa shape index (κ1) is 23.2. The van der Waals surface area contributed by atoms with Crippen molar-refractivity contribution in [3.63, 3.8) is 0 Å². The molecule has 0 aliphatic heterocycles. The summed E-state index contributed by atoms with van der Waals surface area (Å²) >= 11 is 0. The smallest absolute Gasteiger partial charge is 0.338 e. The van der Waals surface area contributed by atoms with Gasteiger partial charge in [0.1, 0.15) is 11.6 Å². The lowest BCUT2D eigenvalue weighted by Gasteiger charge is -2.10. The Morgan fingerprint density at radius 2 is 1.74 bits per heavy atom. The summed E-state index contributed by atoms with van der Waals surface area (Å²) in [4.78, 5) is 35.4. The Labute approximate surface area is 180 Å². The largest absolute Gasteiger partial charge is 0.490 e. The second kappa shape index (κ2) is 11.2. The molecule has 1 amide bonds. The molecular formula is C23H22N2O6. The third kappa shape index (κ3) is 6.72. The van der Waals surface area contributed by atoms with Gasteiger partial charge in [-0.3, -0.25) is 9.59 Å². The first-order valence-corrected chi connectivity index (χ1v) is 9.53. The third-order valence-corrected chi connectivity index (χ3v) is 3.85. The van der Waals surface area contributed by atoms with Crippen LogP contribution in [0.15, 0.2) is 48.0 Å². The molecule has 0 heterocycles. The second-order valence-corrected chi connectivity index (χ2v) is 6.15. The minimum atomic E-state index is -0.617. The van der Waals surface area contributed by atoms with Crippen LogP contribution in [0.2, 0.25) is 0 Å². The van der Waals surface area contributed by atoms with E-state index in [0.29, 0.717) is 29.2 Å². The Morgan fingerprint density at radius 3 is 2.32 bits per heavy atom. The minimum Gasteiger partial charge on any atom is -0.490 e. The molecule has 0 radical (unpaired) electrons. The normalized spacial score (nSPS) is 10.6. The van der Waals surface area contributed by atoms with Crippen LogP contribution in [-0.4, -0.2) is 31.1 Å². The summed E-state index contributed by atoms with van der Waals surface area (Å²) in [6, 6.07) is 12.7. The molecule has 0 saturated heterocycles. The first-order chi connectivity index (χ1) is 14.9. The van der Waals surface area contributed by atoms with Gasteiger partial charge in [0.15, 0.2) is 11.5 Å². The van der Waals surface area contributed by atoms with Gasteiger partial charge in [-0.15, -0.1) is 0 Å². The summed E-state index contributed by atoms with van der Waals surface area (Å²) in [6.07, 6.45) is 1.39. The number of rotatable bonds is 8. The van der Waals surface area contributed by atoms with E-state index in [1.165, 1.54) is 31.2 Å². The standard InChI is InChI=1S/C23H22N2O6/c1-4-29-21-13-16(6-11-20(21)31-15(3)26)12-18(14-24)22(27)25-19-9-7-17(8-10-19)23(28)30-5-2/h6-13H,4-5H2,1-3H3,(H,25,27)/b18-12+. The predicted octanol–water partition coefficient (Wildman–Crippen LogP) is 3.73. The van der Waals surface area contributed by atoms with Crippen LogP contribution < -0.4 is 14.8 Å². The van der Waals surface area contributed by atoms with Gasteiger partial charge in [-0.05, 0) is 61.9 Å². The van der Waals surface area contributed by atoms with E-state index in [1.807, 2.05) is 6.07 Å². The highest BCUT2D eigenvalue weighted by Crippen LogP contribution is 2.29. The molecule has 31 heavy (non-hydrogen) atoms. The number of amides is 1. The van der Waals surface area contributed by atoms with Crippen LogP contribution in [0.4, 0.5) is 5.69 Å². The number of ether oxygens (including phenoxy) is 3. The monoisotopic (exact) mass is 422 g/mol. The molecule has 0 bridgehead atoms. The molecule has 8 nitrogen and oxygen atoms in total. The van der Waals surface area contributed by atoms with Gasteiger partial charge in [0, 0.05) is 12.6 Å². The number of anilines is 1. The van der Waals surface area contributed by atoms with Gasteiger partial charge >= 0.3 is 11.9 Å². The van der Waals surface area contributed by atoms with Gasteiger partial charge in [-0.25, -0.2) is 4.79 Å². The Kier molecular flexibility index (Phi) is 8.34. The SMILES string of the molecule is CCOC(=O)c1ccc(NC(=O)/C(C#N)=C/c2ccc(OC(C)=O)c(OCC)c2)cc1. The topological polar surface area (TPSA) is 115 Å². The summed E-state index contributed by atoms with van der Waals surface area (Å²) in [5.41, 5.74) is 1.15. The van der Waals surface area contributed by atoms with Crippen molar-refractivity contribution in [2.24, 2.45) is 0 Å². The van der Waals surface area contributed by atoms with E-state index in [-0.39, 0.29) is 17.9 Å². The van der Waals surface area contributed by atoms with Crippen molar-refractivity contribution in [2.75, 3.05) is 18.5 Å². The highest BCUT2D eigenvalue weighted by molar-refractivity contribution is 6.09. The molecule has 2 aromatic rings. The van der Waals surface area contributed by atoms with E-state index >= 15 is 0 Å². The van der Waals surface area contributed by atoms with Crippen LogP contribution in [0.1, 0.15) is 36.7 Å². The summed E-state index contributed by atoms with van der Waals surface area (Å²) in [6.45, 7) is 5.38. The molecule has 0 aliphatic rings. The zero-order valence-corrected chi connectivity index (χ0v) is 17.4. The maximum absolute atomic E-state index is 12.5. The third-order valence-electron chi connectivity index (χ3n) is 3.85. The van der Waals surface area contributed by atoms with Crippen LogP contribution in [0.5, 0.6) is 11.5 Å². The average Bonchev–Trinajstić information content (AvgIpc) is 2.74. The fourth-order valence-electron chi connectivity index (χ4n) is 2.54. The summed E-state index contributed by atoms with van der Waals surface area (Å²) in [7, 11) is 0. The van der Waals surface area contributed by atoms with Gasteiger partial charge in [0.25, 0.3) is 5.91 Å². The summed E-state index contributed by atoms with van der Waals surface area (Å²) < 4.78 is 15.5. The van der Waals surface area contributed by atoms with Crippen LogP contribution >= 0.6 is 0 Å². The van der Waals surface area contributed by atoms with Gasteiger partial charge in [0.05, 0.1) is 18.8 Å². The van der Waals surface area contributed by atoms with E-state index in [1.54, 1.807) is 38.1 Å². The number of carbonyl (C=O) groups excluding carboxylic acids is 3. The fourth-order valence-corrected chi connectivity index (χ4v) is 2.54. The molecule has 0 saturated carbocycles. The van der Waals surface area contributed by atoms with Crippen LogP contribution in [0.3, 0.4) is 0 Å². The maximum Gasteiger partial charge on any atom is 0.338 e. The number of esters is 2. The molecule has 0 aromatic heterocycles. The van der Waals surface area contributed by atoms with Crippen LogP contribution in [0, 0.1) is 11.3 Å². The number of nitrogens with one attached hydrogen (secondary N) is 1. The van der Waals surface area contributed by atoms with Gasteiger partial charge < -0.3 is 19.5 Å². The second-order valence-electron chi connectivity index (χ2n) is 6.15. The fraction of sp³-hybridized carbons (Fsp3) is 0.217. The van der Waals surface area contributed by atoms with E-state index in [0.717, 1.165) is 0 Å². The highest BCUT2D eigenvalue weighted by atomic mass is 16.6. The van der Waals surface area contributed by atoms with Gasteiger partial charge in [-0.2, -0.15) is 5.26 Å². The highest BCUT2D eigenvalue weighted by Gasteiger charge is 2.13. The quantitative estimate of drug-likeness (QED) is 0.298. The minimum absolute atomic E-state index is 0.142. The molecule has 2 aromatic carbocycles. The van der Waals surface area contributed by atoms with Gasteiger partial charge in [0.2, 0.25) is 0 Å². The van der Waals surface area contributed by atoms with Crippen molar-refractivity contribution >= 4 is 29.6 Å². The van der Waals surface area contributed by atoms with E-state index in [4.69, 9.17) is 14.2 Å². The lowest BCUT2D eigenvalue weighted by Crippen LogP contribution is -2.13. The van der Waals surface area contributed by atoms with E-state index < -0.39 is 17.8 Å². The Bertz CT molecular complexity index is 1040. The average molecular weight is 422 g/mol. The molecule has 0 spiro atoms. The van der Waals surface area contributed by atoms with E-state index in [2.05, 4.69) is 5.32 Å². The van der Waals surface area contributed by atoms with Crippen molar-refractivity contribution < 1.29 is 28.6 Å². The van der Waals surface area contributed by atoms with E-state index in [9.17, 15) is 19.6 Å². The number of nitrogens with zero attached hydrogens (tertiary/aromatic N) is 1. The summed E-state index contributed by atoms with van der Waals surface area (Å²) in [5, 5.41) is 12.0. The molecule has 0 unspecified atom stereocenters.